The Bertz CT molecular complexity index is 1100. The molecular formula is C26H30ClN3O2S. The summed E-state index contributed by atoms with van der Waals surface area (Å²) in [6.07, 6.45) is 6.07. The van der Waals surface area contributed by atoms with Crippen molar-refractivity contribution in [1.29, 1.82) is 0 Å². The van der Waals surface area contributed by atoms with Crippen molar-refractivity contribution in [3.63, 3.8) is 0 Å². The van der Waals surface area contributed by atoms with E-state index in [4.69, 9.17) is 16.0 Å². The van der Waals surface area contributed by atoms with Gasteiger partial charge in [-0.25, -0.2) is 0 Å². The van der Waals surface area contributed by atoms with Crippen LogP contribution in [0, 0.1) is 0 Å². The molecule has 1 aliphatic heterocycles. The maximum absolute atomic E-state index is 13.0. The number of thiophene rings is 1. The van der Waals surface area contributed by atoms with Gasteiger partial charge in [0, 0.05) is 41.6 Å². The van der Waals surface area contributed by atoms with Crippen LogP contribution in [0.25, 0.3) is 0 Å². The molecule has 1 N–H and O–H groups in total. The highest BCUT2D eigenvalue weighted by molar-refractivity contribution is 7.16. The van der Waals surface area contributed by atoms with E-state index >= 15 is 0 Å². The number of nitrogens with zero attached hydrogens (tertiary/aromatic N) is 2. The van der Waals surface area contributed by atoms with E-state index in [1.54, 1.807) is 23.5 Å². The number of fused-ring (bicyclic) bond motifs is 1. The molecule has 3 aromatic rings. The van der Waals surface area contributed by atoms with Gasteiger partial charge in [0.2, 0.25) is 0 Å². The van der Waals surface area contributed by atoms with E-state index in [2.05, 4.69) is 34.2 Å². The second kappa shape index (κ2) is 10.0. The third kappa shape index (κ3) is 4.76. The van der Waals surface area contributed by atoms with Gasteiger partial charge in [-0.05, 0) is 67.6 Å². The molecule has 1 fully saturated rings. The smallest absolute Gasteiger partial charge is 0.291 e. The van der Waals surface area contributed by atoms with Crippen LogP contribution in [-0.4, -0.2) is 48.4 Å². The SMILES string of the molecule is CCN1CCN([C@H](c2cccc(Cl)c2)c2c(NC(=O)c3ccco3)sc3c2CCCC3)CC1. The second-order valence-electron chi connectivity index (χ2n) is 8.81. The van der Waals surface area contributed by atoms with Crippen molar-refractivity contribution in [3.8, 4) is 0 Å². The summed E-state index contributed by atoms with van der Waals surface area (Å²) >= 11 is 8.20. The molecule has 2 aliphatic rings. The average Bonchev–Trinajstić information content (AvgIpc) is 3.49. The lowest BCUT2D eigenvalue weighted by Crippen LogP contribution is -2.47. The minimum Gasteiger partial charge on any atom is -0.459 e. The van der Waals surface area contributed by atoms with E-state index in [1.807, 2.05) is 12.1 Å². The number of halogens is 1. The zero-order chi connectivity index (χ0) is 22.8. The summed E-state index contributed by atoms with van der Waals surface area (Å²) in [6, 6.07) is 11.7. The number of furan rings is 1. The normalized spacial score (nSPS) is 18.1. The van der Waals surface area contributed by atoms with Crippen molar-refractivity contribution >= 4 is 33.8 Å². The predicted octanol–water partition coefficient (Wildman–Crippen LogP) is 5.85. The molecule has 33 heavy (non-hydrogen) atoms. The number of carbonyl (C=O) groups is 1. The van der Waals surface area contributed by atoms with Crippen molar-refractivity contribution < 1.29 is 9.21 Å². The molecule has 5 rings (SSSR count). The van der Waals surface area contributed by atoms with Crippen LogP contribution >= 0.6 is 22.9 Å². The fourth-order valence-corrected chi connectivity index (χ4v) is 6.63. The summed E-state index contributed by atoms with van der Waals surface area (Å²) in [5, 5.41) is 4.91. The Morgan fingerprint density at radius 3 is 2.70 bits per heavy atom. The van der Waals surface area contributed by atoms with Gasteiger partial charge >= 0.3 is 0 Å². The number of likely N-dealkylation sites (N-methyl/N-ethyl adjacent to an activating group) is 1. The molecule has 3 heterocycles. The summed E-state index contributed by atoms with van der Waals surface area (Å²) in [6.45, 7) is 7.37. The Morgan fingerprint density at radius 2 is 1.97 bits per heavy atom. The highest BCUT2D eigenvalue weighted by Gasteiger charge is 2.33. The zero-order valence-electron chi connectivity index (χ0n) is 19.0. The molecule has 174 valence electrons. The summed E-state index contributed by atoms with van der Waals surface area (Å²) in [5.41, 5.74) is 3.86. The Morgan fingerprint density at radius 1 is 1.15 bits per heavy atom. The first-order chi connectivity index (χ1) is 16.1. The van der Waals surface area contributed by atoms with Gasteiger partial charge in [0.25, 0.3) is 5.91 Å². The van der Waals surface area contributed by atoms with Gasteiger partial charge in [0.1, 0.15) is 5.00 Å². The van der Waals surface area contributed by atoms with Gasteiger partial charge in [-0.3, -0.25) is 9.69 Å². The number of amides is 1. The van der Waals surface area contributed by atoms with Crippen LogP contribution < -0.4 is 5.32 Å². The zero-order valence-corrected chi connectivity index (χ0v) is 20.6. The third-order valence-electron chi connectivity index (χ3n) is 6.84. The fraction of sp³-hybridized carbons (Fsp3) is 0.423. The highest BCUT2D eigenvalue weighted by Crippen LogP contribution is 2.46. The number of hydrogen-bond donors (Lipinski definition) is 1. The maximum Gasteiger partial charge on any atom is 0.291 e. The van der Waals surface area contributed by atoms with E-state index in [-0.39, 0.29) is 11.9 Å². The quantitative estimate of drug-likeness (QED) is 0.477. The number of nitrogens with one attached hydrogen (secondary N) is 1. The van der Waals surface area contributed by atoms with Crippen LogP contribution in [0.2, 0.25) is 5.02 Å². The van der Waals surface area contributed by atoms with Crippen molar-refractivity contribution in [2.45, 2.75) is 38.6 Å². The van der Waals surface area contributed by atoms with Crippen molar-refractivity contribution in [3.05, 3.63) is 75.0 Å². The Labute approximate surface area is 204 Å². The van der Waals surface area contributed by atoms with Crippen molar-refractivity contribution in [2.24, 2.45) is 0 Å². The lowest BCUT2D eigenvalue weighted by atomic mass is 9.88. The summed E-state index contributed by atoms with van der Waals surface area (Å²) in [5.74, 6) is 0.142. The van der Waals surface area contributed by atoms with Gasteiger partial charge in [-0.15, -0.1) is 11.3 Å². The molecule has 0 saturated carbocycles. The maximum atomic E-state index is 13.0. The molecule has 1 saturated heterocycles. The van der Waals surface area contributed by atoms with E-state index in [0.29, 0.717) is 5.76 Å². The number of benzene rings is 1. The van der Waals surface area contributed by atoms with Gasteiger partial charge in [0.15, 0.2) is 5.76 Å². The summed E-state index contributed by atoms with van der Waals surface area (Å²) < 4.78 is 5.37. The van der Waals surface area contributed by atoms with Crippen LogP contribution in [0.15, 0.2) is 47.1 Å². The molecular weight excluding hydrogens is 454 g/mol. The molecule has 0 unspecified atom stereocenters. The average molecular weight is 484 g/mol. The number of aryl methyl sites for hydroxylation is 1. The van der Waals surface area contributed by atoms with Gasteiger partial charge in [-0.2, -0.15) is 0 Å². The van der Waals surface area contributed by atoms with E-state index < -0.39 is 0 Å². The number of anilines is 1. The van der Waals surface area contributed by atoms with Crippen molar-refractivity contribution in [1.82, 2.24) is 9.80 Å². The van der Waals surface area contributed by atoms with E-state index in [0.717, 1.165) is 55.6 Å². The monoisotopic (exact) mass is 483 g/mol. The fourth-order valence-electron chi connectivity index (χ4n) is 5.12. The summed E-state index contributed by atoms with van der Waals surface area (Å²) in [4.78, 5) is 19.4. The van der Waals surface area contributed by atoms with Crippen LogP contribution in [0.3, 0.4) is 0 Å². The number of rotatable bonds is 6. The van der Waals surface area contributed by atoms with Gasteiger partial charge in [0.05, 0.1) is 12.3 Å². The van der Waals surface area contributed by atoms with Gasteiger partial charge in [-0.1, -0.05) is 30.7 Å². The molecule has 7 heteroatoms. The predicted molar refractivity (Wildman–Crippen MR) is 135 cm³/mol. The molecule has 1 atom stereocenters. The number of piperazine rings is 1. The Kier molecular flexibility index (Phi) is 6.88. The number of hydrogen-bond acceptors (Lipinski definition) is 5. The summed E-state index contributed by atoms with van der Waals surface area (Å²) in [7, 11) is 0. The first-order valence-electron chi connectivity index (χ1n) is 11.8. The van der Waals surface area contributed by atoms with E-state index in [9.17, 15) is 4.79 Å². The van der Waals surface area contributed by atoms with Crippen LogP contribution in [0.1, 0.15) is 57.9 Å². The lowest BCUT2D eigenvalue weighted by molar-refractivity contribution is 0.0995. The molecule has 1 aromatic carbocycles. The molecule has 5 nitrogen and oxygen atoms in total. The lowest BCUT2D eigenvalue weighted by Gasteiger charge is -2.40. The van der Waals surface area contributed by atoms with Crippen LogP contribution in [0.5, 0.6) is 0 Å². The minimum absolute atomic E-state index is 0.0627. The third-order valence-corrected chi connectivity index (χ3v) is 8.30. The van der Waals surface area contributed by atoms with Crippen LogP contribution in [0.4, 0.5) is 5.00 Å². The minimum atomic E-state index is -0.194. The topological polar surface area (TPSA) is 48.7 Å². The molecule has 0 bridgehead atoms. The molecule has 0 spiro atoms. The molecule has 1 amide bonds. The first-order valence-corrected chi connectivity index (χ1v) is 13.0. The Balaban J connectivity index is 1.59. The van der Waals surface area contributed by atoms with Crippen LogP contribution in [-0.2, 0) is 12.8 Å². The highest BCUT2D eigenvalue weighted by atomic mass is 35.5. The Hall–Kier alpha value is -2.12. The largest absolute Gasteiger partial charge is 0.459 e. The molecule has 0 radical (unpaired) electrons. The number of carbonyl (C=O) groups excluding carboxylic acids is 1. The standard InChI is InChI=1S/C26H30ClN3O2S/c1-2-29-12-14-30(15-13-29)24(18-7-5-8-19(27)17-18)23-20-9-3-4-11-22(20)33-26(23)28-25(31)21-10-6-16-32-21/h5-8,10,16-17,24H,2-4,9,11-15H2,1H3,(H,28,31)/t24-/m1/s1. The first kappa shape index (κ1) is 22.7. The van der Waals surface area contributed by atoms with E-state index in [1.165, 1.54) is 40.7 Å². The van der Waals surface area contributed by atoms with Crippen molar-refractivity contribution in [2.75, 3.05) is 38.0 Å². The van der Waals surface area contributed by atoms with Gasteiger partial charge < -0.3 is 14.6 Å². The second-order valence-corrected chi connectivity index (χ2v) is 10.4. The molecule has 2 aromatic heterocycles. The molecule has 1 aliphatic carbocycles.